The molecule has 28 heavy (non-hydrogen) atoms. The molecular formula is C22H20N2O3S. The molecule has 1 aromatic heterocycles. The highest BCUT2D eigenvalue weighted by Crippen LogP contribution is 2.26. The summed E-state index contributed by atoms with van der Waals surface area (Å²) in [6.45, 7) is -0.0649. The molecule has 0 aliphatic heterocycles. The smallest absolute Gasteiger partial charge is 0.265 e. The standard InChI is InChI=1S/C22H20N2O3S/c25-21(14-27-19-10-9-15-4-1-5-16(15)12-19)23-17-6-2-7-18(13-17)24-22(26)20-8-3-11-28-20/h2-3,6-13H,1,4-5,14H2,(H,23,25)(H,24,26). The van der Waals surface area contributed by atoms with Crippen LogP contribution in [0.3, 0.4) is 0 Å². The van der Waals surface area contributed by atoms with E-state index in [4.69, 9.17) is 4.74 Å². The van der Waals surface area contributed by atoms with Crippen LogP contribution in [-0.4, -0.2) is 18.4 Å². The largest absolute Gasteiger partial charge is 0.484 e. The Morgan fingerprint density at radius 2 is 1.75 bits per heavy atom. The van der Waals surface area contributed by atoms with E-state index < -0.39 is 0 Å². The minimum Gasteiger partial charge on any atom is -0.484 e. The number of carbonyl (C=O) groups excluding carboxylic acids is 2. The van der Waals surface area contributed by atoms with Gasteiger partial charge in [0.15, 0.2) is 6.61 Å². The van der Waals surface area contributed by atoms with E-state index in [1.807, 2.05) is 23.6 Å². The zero-order chi connectivity index (χ0) is 19.3. The predicted molar refractivity (Wildman–Crippen MR) is 111 cm³/mol. The quantitative estimate of drug-likeness (QED) is 0.649. The zero-order valence-electron chi connectivity index (χ0n) is 15.2. The Morgan fingerprint density at radius 3 is 2.57 bits per heavy atom. The zero-order valence-corrected chi connectivity index (χ0v) is 16.1. The second kappa shape index (κ2) is 8.27. The van der Waals surface area contributed by atoms with E-state index in [9.17, 15) is 9.59 Å². The van der Waals surface area contributed by atoms with Gasteiger partial charge in [-0.2, -0.15) is 0 Å². The molecule has 1 aliphatic carbocycles. The van der Waals surface area contributed by atoms with Crippen molar-refractivity contribution in [1.29, 1.82) is 0 Å². The van der Waals surface area contributed by atoms with Crippen molar-refractivity contribution in [3.63, 3.8) is 0 Å². The van der Waals surface area contributed by atoms with Gasteiger partial charge in [-0.1, -0.05) is 18.2 Å². The minimum absolute atomic E-state index is 0.0649. The normalized spacial score (nSPS) is 12.3. The number of benzene rings is 2. The molecule has 0 bridgehead atoms. The van der Waals surface area contributed by atoms with Crippen molar-refractivity contribution in [1.82, 2.24) is 0 Å². The summed E-state index contributed by atoms with van der Waals surface area (Å²) >= 11 is 1.38. The molecule has 142 valence electrons. The molecule has 3 aromatic rings. The van der Waals surface area contributed by atoms with Crippen molar-refractivity contribution in [2.24, 2.45) is 0 Å². The fourth-order valence-corrected chi connectivity index (χ4v) is 3.88. The highest BCUT2D eigenvalue weighted by Gasteiger charge is 2.12. The molecule has 5 nitrogen and oxygen atoms in total. The molecule has 2 aromatic carbocycles. The van der Waals surface area contributed by atoms with Gasteiger partial charge in [0, 0.05) is 11.4 Å². The number of anilines is 2. The maximum Gasteiger partial charge on any atom is 0.265 e. The van der Waals surface area contributed by atoms with Gasteiger partial charge in [-0.05, 0) is 72.2 Å². The van der Waals surface area contributed by atoms with Gasteiger partial charge in [-0.3, -0.25) is 9.59 Å². The van der Waals surface area contributed by atoms with Crippen LogP contribution < -0.4 is 15.4 Å². The lowest BCUT2D eigenvalue weighted by Crippen LogP contribution is -2.20. The number of hydrogen-bond acceptors (Lipinski definition) is 4. The Bertz CT molecular complexity index is 999. The van der Waals surface area contributed by atoms with E-state index in [0.717, 1.165) is 12.8 Å². The topological polar surface area (TPSA) is 67.4 Å². The molecule has 1 heterocycles. The number of ether oxygens (including phenoxy) is 1. The summed E-state index contributed by atoms with van der Waals surface area (Å²) in [7, 11) is 0. The molecule has 2 amide bonds. The van der Waals surface area contributed by atoms with Crippen LogP contribution in [0.4, 0.5) is 11.4 Å². The van der Waals surface area contributed by atoms with Crippen molar-refractivity contribution in [3.05, 3.63) is 76.0 Å². The Labute approximate surface area is 167 Å². The van der Waals surface area contributed by atoms with Crippen LogP contribution in [0.5, 0.6) is 5.75 Å². The van der Waals surface area contributed by atoms with Gasteiger partial charge in [0.25, 0.3) is 11.8 Å². The van der Waals surface area contributed by atoms with Gasteiger partial charge < -0.3 is 15.4 Å². The van der Waals surface area contributed by atoms with Crippen LogP contribution in [0.15, 0.2) is 60.0 Å². The number of aryl methyl sites for hydroxylation is 2. The summed E-state index contributed by atoms with van der Waals surface area (Å²) in [5.41, 5.74) is 3.91. The van der Waals surface area contributed by atoms with Gasteiger partial charge in [0.05, 0.1) is 4.88 Å². The highest BCUT2D eigenvalue weighted by atomic mass is 32.1. The first-order chi connectivity index (χ1) is 13.7. The molecule has 0 spiro atoms. The van der Waals surface area contributed by atoms with Gasteiger partial charge in [0.1, 0.15) is 5.75 Å². The molecule has 1 aliphatic rings. The van der Waals surface area contributed by atoms with Crippen molar-refractivity contribution >= 4 is 34.5 Å². The fraction of sp³-hybridized carbons (Fsp3) is 0.182. The van der Waals surface area contributed by atoms with Crippen molar-refractivity contribution in [3.8, 4) is 5.75 Å². The molecule has 0 radical (unpaired) electrons. The van der Waals surface area contributed by atoms with Crippen LogP contribution in [0.25, 0.3) is 0 Å². The fourth-order valence-electron chi connectivity index (χ4n) is 3.26. The number of hydrogen-bond donors (Lipinski definition) is 2. The van der Waals surface area contributed by atoms with Crippen LogP contribution in [-0.2, 0) is 17.6 Å². The van der Waals surface area contributed by atoms with E-state index in [1.54, 1.807) is 30.3 Å². The molecule has 6 heteroatoms. The summed E-state index contributed by atoms with van der Waals surface area (Å²) < 4.78 is 5.63. The summed E-state index contributed by atoms with van der Waals surface area (Å²) in [5, 5.41) is 7.48. The first-order valence-electron chi connectivity index (χ1n) is 9.17. The lowest BCUT2D eigenvalue weighted by atomic mass is 10.1. The third-order valence-electron chi connectivity index (χ3n) is 4.59. The Hall–Kier alpha value is -3.12. The maximum atomic E-state index is 12.2. The molecule has 0 saturated heterocycles. The van der Waals surface area contributed by atoms with Crippen LogP contribution in [0, 0.1) is 0 Å². The third-order valence-corrected chi connectivity index (χ3v) is 5.46. The molecule has 0 unspecified atom stereocenters. The second-order valence-electron chi connectivity index (χ2n) is 6.63. The number of nitrogens with one attached hydrogen (secondary N) is 2. The summed E-state index contributed by atoms with van der Waals surface area (Å²) in [6.07, 6.45) is 3.37. The molecule has 0 atom stereocenters. The molecule has 0 saturated carbocycles. The Balaban J connectivity index is 1.32. The van der Waals surface area contributed by atoms with Crippen molar-refractivity contribution < 1.29 is 14.3 Å². The summed E-state index contributed by atoms with van der Waals surface area (Å²) in [6, 6.07) is 16.7. The predicted octanol–water partition coefficient (Wildman–Crippen LogP) is 4.51. The van der Waals surface area contributed by atoms with E-state index in [-0.39, 0.29) is 18.4 Å². The summed E-state index contributed by atoms with van der Waals surface area (Å²) in [4.78, 5) is 25.0. The van der Waals surface area contributed by atoms with E-state index in [0.29, 0.717) is 22.0 Å². The second-order valence-corrected chi connectivity index (χ2v) is 7.58. The number of carbonyl (C=O) groups is 2. The van der Waals surface area contributed by atoms with Crippen molar-refractivity contribution in [2.45, 2.75) is 19.3 Å². The van der Waals surface area contributed by atoms with E-state index in [1.165, 1.54) is 28.9 Å². The average molecular weight is 392 g/mol. The number of fused-ring (bicyclic) bond motifs is 1. The highest BCUT2D eigenvalue weighted by molar-refractivity contribution is 7.12. The van der Waals surface area contributed by atoms with Gasteiger partial charge in [-0.15, -0.1) is 11.3 Å². The van der Waals surface area contributed by atoms with E-state index >= 15 is 0 Å². The molecule has 4 rings (SSSR count). The number of rotatable bonds is 6. The molecule has 2 N–H and O–H groups in total. The van der Waals surface area contributed by atoms with Gasteiger partial charge in [-0.25, -0.2) is 0 Å². The van der Waals surface area contributed by atoms with E-state index in [2.05, 4.69) is 16.7 Å². The third kappa shape index (κ3) is 4.40. The molecular weight excluding hydrogens is 372 g/mol. The van der Waals surface area contributed by atoms with Gasteiger partial charge >= 0.3 is 0 Å². The molecule has 0 fully saturated rings. The first-order valence-corrected chi connectivity index (χ1v) is 10.0. The van der Waals surface area contributed by atoms with Crippen LogP contribution in [0.1, 0.15) is 27.2 Å². The van der Waals surface area contributed by atoms with Gasteiger partial charge in [0.2, 0.25) is 0 Å². The minimum atomic E-state index is -0.248. The summed E-state index contributed by atoms with van der Waals surface area (Å²) in [5.74, 6) is 0.299. The number of amides is 2. The Morgan fingerprint density at radius 1 is 0.929 bits per heavy atom. The average Bonchev–Trinajstić information content (AvgIpc) is 3.38. The lowest BCUT2D eigenvalue weighted by Gasteiger charge is -2.10. The first kappa shape index (κ1) is 18.3. The SMILES string of the molecule is O=C(COc1ccc2c(c1)CCC2)Nc1cccc(NC(=O)c2cccs2)c1. The van der Waals surface area contributed by atoms with Crippen molar-refractivity contribution in [2.75, 3.05) is 17.2 Å². The van der Waals surface area contributed by atoms with Crippen LogP contribution >= 0.6 is 11.3 Å². The maximum absolute atomic E-state index is 12.2. The Kier molecular flexibility index (Phi) is 5.39. The number of thiophene rings is 1. The lowest BCUT2D eigenvalue weighted by molar-refractivity contribution is -0.118. The monoisotopic (exact) mass is 392 g/mol. The van der Waals surface area contributed by atoms with Crippen LogP contribution in [0.2, 0.25) is 0 Å².